The second-order valence-corrected chi connectivity index (χ2v) is 5.40. The summed E-state index contributed by atoms with van der Waals surface area (Å²) < 4.78 is 5.77. The molecule has 0 amide bonds. The number of carbonyl (C=O) groups excluding carboxylic acids is 1. The van der Waals surface area contributed by atoms with Crippen LogP contribution in [0.15, 0.2) is 46.6 Å². The van der Waals surface area contributed by atoms with Crippen LogP contribution >= 0.6 is 11.8 Å². The normalized spacial score (nSPS) is 23.7. The predicted octanol–water partition coefficient (Wildman–Crippen LogP) is 3.63. The van der Waals surface area contributed by atoms with Gasteiger partial charge in [0.2, 0.25) is 0 Å². The van der Waals surface area contributed by atoms with E-state index in [0.29, 0.717) is 0 Å². The van der Waals surface area contributed by atoms with Gasteiger partial charge >= 0.3 is 0 Å². The van der Waals surface area contributed by atoms with Gasteiger partial charge in [0.05, 0.1) is 0 Å². The van der Waals surface area contributed by atoms with E-state index in [1.54, 1.807) is 18.7 Å². The summed E-state index contributed by atoms with van der Waals surface area (Å²) >= 11 is 1.67. The Kier molecular flexibility index (Phi) is 3.57. The Morgan fingerprint density at radius 3 is 2.47 bits per heavy atom. The zero-order valence-electron chi connectivity index (χ0n) is 10.3. The van der Waals surface area contributed by atoms with Crippen LogP contribution in [0.1, 0.15) is 20.8 Å². The maximum atomic E-state index is 11.5. The van der Waals surface area contributed by atoms with Crippen LogP contribution < -0.4 is 0 Å². The summed E-state index contributed by atoms with van der Waals surface area (Å²) in [6, 6.07) is 10.1. The summed E-state index contributed by atoms with van der Waals surface area (Å²) in [5, 5.41) is 0. The number of ketones is 1. The number of rotatable bonds is 3. The van der Waals surface area contributed by atoms with E-state index in [4.69, 9.17) is 4.74 Å². The van der Waals surface area contributed by atoms with E-state index in [1.807, 2.05) is 32.0 Å². The van der Waals surface area contributed by atoms with Crippen LogP contribution in [0.25, 0.3) is 0 Å². The largest absolute Gasteiger partial charge is 0.483 e. The maximum Gasteiger partial charge on any atom is 0.159 e. The van der Waals surface area contributed by atoms with Crippen LogP contribution in [0.4, 0.5) is 0 Å². The molecule has 90 valence electrons. The molecule has 0 radical (unpaired) electrons. The van der Waals surface area contributed by atoms with E-state index in [9.17, 15) is 4.79 Å². The fraction of sp³-hybridized carbons (Fsp3) is 0.357. The Balaban J connectivity index is 2.10. The third-order valence-corrected chi connectivity index (χ3v) is 4.19. The lowest BCUT2D eigenvalue weighted by Gasteiger charge is -2.16. The molecule has 0 saturated heterocycles. The molecule has 0 unspecified atom stereocenters. The van der Waals surface area contributed by atoms with Crippen LogP contribution in [0.2, 0.25) is 0 Å². The summed E-state index contributed by atoms with van der Waals surface area (Å²) in [7, 11) is 0. The standard InChI is InChI=1S/C14H16O2S/c1-9-13(10(2)15)11(3)16-14(9)17-12-7-5-4-6-8-12/h4-9,14H,1-3H3/t9-,14+/m0/s1. The zero-order chi connectivity index (χ0) is 12.4. The summed E-state index contributed by atoms with van der Waals surface area (Å²) in [6.45, 7) is 5.53. The van der Waals surface area contributed by atoms with Gasteiger partial charge in [-0.2, -0.15) is 0 Å². The Bertz CT molecular complexity index is 451. The third-order valence-electron chi connectivity index (χ3n) is 2.91. The zero-order valence-corrected chi connectivity index (χ0v) is 11.1. The molecule has 3 heteroatoms. The lowest BCUT2D eigenvalue weighted by molar-refractivity contribution is -0.114. The van der Waals surface area contributed by atoms with E-state index >= 15 is 0 Å². The molecule has 0 aromatic heterocycles. The Hall–Kier alpha value is -1.22. The Morgan fingerprint density at radius 2 is 1.94 bits per heavy atom. The van der Waals surface area contributed by atoms with Crippen molar-refractivity contribution in [2.75, 3.05) is 0 Å². The van der Waals surface area contributed by atoms with Crippen molar-refractivity contribution in [3.8, 4) is 0 Å². The van der Waals surface area contributed by atoms with Crippen LogP contribution in [-0.2, 0) is 9.53 Å². The molecule has 2 nitrogen and oxygen atoms in total. The van der Waals surface area contributed by atoms with Gasteiger partial charge in [0.25, 0.3) is 0 Å². The van der Waals surface area contributed by atoms with Gasteiger partial charge < -0.3 is 4.74 Å². The topological polar surface area (TPSA) is 26.3 Å². The Labute approximate surface area is 106 Å². The van der Waals surface area contributed by atoms with Gasteiger partial charge in [-0.15, -0.1) is 0 Å². The van der Waals surface area contributed by atoms with Crippen molar-refractivity contribution < 1.29 is 9.53 Å². The summed E-state index contributed by atoms with van der Waals surface area (Å²) in [4.78, 5) is 12.7. The number of Topliss-reactive ketones (excluding diaryl/α,β-unsaturated/α-hetero) is 1. The molecule has 0 fully saturated rings. The van der Waals surface area contributed by atoms with Gasteiger partial charge in [0, 0.05) is 16.4 Å². The van der Waals surface area contributed by atoms with Crippen LogP contribution in [-0.4, -0.2) is 11.2 Å². The van der Waals surface area contributed by atoms with Crippen LogP contribution in [0, 0.1) is 5.92 Å². The highest BCUT2D eigenvalue weighted by atomic mass is 32.2. The van der Waals surface area contributed by atoms with E-state index in [0.717, 1.165) is 11.3 Å². The van der Waals surface area contributed by atoms with E-state index in [1.165, 1.54) is 4.90 Å². The SMILES string of the molecule is CC(=O)C1=C(C)O[C@H](Sc2ccccc2)[C@H]1C. The second kappa shape index (κ2) is 4.96. The summed E-state index contributed by atoms with van der Waals surface area (Å²) in [5.41, 5.74) is 0.842. The molecule has 2 rings (SSSR count). The fourth-order valence-electron chi connectivity index (χ4n) is 2.12. The highest BCUT2D eigenvalue weighted by molar-refractivity contribution is 7.99. The second-order valence-electron chi connectivity index (χ2n) is 4.23. The first kappa shape index (κ1) is 12.2. The van der Waals surface area contributed by atoms with E-state index in [2.05, 4.69) is 12.1 Å². The van der Waals surface area contributed by atoms with Crippen LogP contribution in [0.3, 0.4) is 0 Å². The third kappa shape index (κ3) is 2.55. The number of hydrogen-bond donors (Lipinski definition) is 0. The molecule has 0 spiro atoms. The molecular formula is C14H16O2S. The van der Waals surface area contributed by atoms with Gasteiger partial charge in [-0.3, -0.25) is 4.79 Å². The molecule has 0 saturated carbocycles. The molecule has 1 aliphatic rings. The minimum Gasteiger partial charge on any atom is -0.483 e. The van der Waals surface area contributed by atoms with E-state index < -0.39 is 0 Å². The first-order chi connectivity index (χ1) is 8.09. The molecular weight excluding hydrogens is 232 g/mol. The molecule has 1 aromatic rings. The van der Waals surface area contributed by atoms with Crippen molar-refractivity contribution in [1.82, 2.24) is 0 Å². The van der Waals surface area contributed by atoms with Crippen molar-refractivity contribution in [1.29, 1.82) is 0 Å². The number of benzene rings is 1. The fourth-order valence-corrected chi connectivity index (χ4v) is 3.24. The summed E-state index contributed by atoms with van der Waals surface area (Å²) in [5.74, 6) is 1.04. The van der Waals surface area contributed by atoms with Gasteiger partial charge in [-0.05, 0) is 26.0 Å². The minimum absolute atomic E-state index is 0.0105. The monoisotopic (exact) mass is 248 g/mol. The predicted molar refractivity (Wildman–Crippen MR) is 69.7 cm³/mol. The van der Waals surface area contributed by atoms with Crippen molar-refractivity contribution >= 4 is 17.5 Å². The average Bonchev–Trinajstić information content (AvgIpc) is 2.55. The Morgan fingerprint density at radius 1 is 1.29 bits per heavy atom. The average molecular weight is 248 g/mol. The quantitative estimate of drug-likeness (QED) is 0.817. The number of allylic oxidation sites excluding steroid dienone is 1. The maximum absolute atomic E-state index is 11.5. The van der Waals surface area contributed by atoms with E-state index in [-0.39, 0.29) is 17.1 Å². The van der Waals surface area contributed by atoms with Gasteiger partial charge in [0.1, 0.15) is 5.76 Å². The van der Waals surface area contributed by atoms with Crippen LogP contribution in [0.5, 0.6) is 0 Å². The lowest BCUT2D eigenvalue weighted by atomic mass is 10.00. The number of ether oxygens (including phenoxy) is 1. The first-order valence-corrected chi connectivity index (χ1v) is 6.57. The molecule has 1 heterocycles. The molecule has 0 N–H and O–H groups in total. The highest BCUT2D eigenvalue weighted by Gasteiger charge is 2.34. The molecule has 0 aliphatic carbocycles. The number of hydrogen-bond acceptors (Lipinski definition) is 3. The van der Waals surface area contributed by atoms with Gasteiger partial charge in [-0.1, -0.05) is 36.9 Å². The molecule has 1 aliphatic heterocycles. The smallest absolute Gasteiger partial charge is 0.159 e. The first-order valence-electron chi connectivity index (χ1n) is 5.69. The van der Waals surface area contributed by atoms with Crippen molar-refractivity contribution in [2.45, 2.75) is 31.1 Å². The molecule has 2 atom stereocenters. The lowest BCUT2D eigenvalue weighted by Crippen LogP contribution is -2.14. The van der Waals surface area contributed by atoms with Gasteiger partial charge in [-0.25, -0.2) is 0 Å². The molecule has 1 aromatic carbocycles. The number of carbonyl (C=O) groups is 1. The summed E-state index contributed by atoms with van der Waals surface area (Å²) in [6.07, 6.45) is 0. The minimum atomic E-state index is 0.0105. The molecule has 17 heavy (non-hydrogen) atoms. The van der Waals surface area contributed by atoms with Crippen molar-refractivity contribution in [3.05, 3.63) is 41.7 Å². The highest BCUT2D eigenvalue weighted by Crippen LogP contribution is 2.40. The van der Waals surface area contributed by atoms with Crippen molar-refractivity contribution in [3.63, 3.8) is 0 Å². The number of thioether (sulfide) groups is 1. The van der Waals surface area contributed by atoms with Crippen molar-refractivity contribution in [2.24, 2.45) is 5.92 Å². The molecule has 0 bridgehead atoms. The van der Waals surface area contributed by atoms with Gasteiger partial charge in [0.15, 0.2) is 11.2 Å².